The molecule has 0 atom stereocenters. The zero-order valence-corrected chi connectivity index (χ0v) is 19.4. The minimum absolute atomic E-state index is 0.00930. The van der Waals surface area contributed by atoms with Gasteiger partial charge in [0.05, 0.1) is 35.2 Å². The minimum atomic E-state index is 0.00930. The molecule has 0 radical (unpaired) electrons. The molecule has 3 aromatic carbocycles. The Bertz CT molecular complexity index is 937. The molecule has 0 aliphatic rings. The summed E-state index contributed by atoms with van der Waals surface area (Å²) in [5, 5.41) is 3.80. The third-order valence-electron chi connectivity index (χ3n) is 4.43. The van der Waals surface area contributed by atoms with Crippen molar-refractivity contribution in [2.24, 2.45) is 0 Å². The van der Waals surface area contributed by atoms with Crippen LogP contribution in [0.5, 0.6) is 23.0 Å². The van der Waals surface area contributed by atoms with Crippen molar-refractivity contribution >= 4 is 21.5 Å². The van der Waals surface area contributed by atoms with Gasteiger partial charge in [0.1, 0.15) is 23.0 Å². The highest BCUT2D eigenvalue weighted by molar-refractivity contribution is 6.15. The molecule has 0 fully saturated rings. The van der Waals surface area contributed by atoms with E-state index in [0.717, 1.165) is 44.5 Å². The van der Waals surface area contributed by atoms with E-state index in [1.54, 1.807) is 0 Å². The van der Waals surface area contributed by atoms with Crippen molar-refractivity contribution in [2.75, 3.05) is 0 Å². The van der Waals surface area contributed by atoms with Crippen LogP contribution in [0.25, 0.3) is 21.5 Å². The van der Waals surface area contributed by atoms with Gasteiger partial charge < -0.3 is 18.9 Å². The molecule has 0 aliphatic heterocycles. The van der Waals surface area contributed by atoms with Crippen molar-refractivity contribution in [1.82, 2.24) is 0 Å². The number of hydrogen-bond donors (Lipinski definition) is 0. The van der Waals surface area contributed by atoms with Crippen molar-refractivity contribution in [3.63, 3.8) is 0 Å². The van der Waals surface area contributed by atoms with Crippen LogP contribution in [0.3, 0.4) is 0 Å². The lowest BCUT2D eigenvalue weighted by atomic mass is 9.98. The maximum absolute atomic E-state index is 6.39. The second-order valence-electron chi connectivity index (χ2n) is 8.68. The fourth-order valence-electron chi connectivity index (χ4n) is 3.58. The van der Waals surface area contributed by atoms with Gasteiger partial charge in [-0.05, 0) is 67.5 Å². The van der Waals surface area contributed by atoms with Gasteiger partial charge in [-0.3, -0.25) is 0 Å². The van der Waals surface area contributed by atoms with E-state index in [0.29, 0.717) is 0 Å². The number of rotatable bonds is 8. The largest absolute Gasteiger partial charge is 0.490 e. The molecule has 0 unspecified atom stereocenters. The second-order valence-corrected chi connectivity index (χ2v) is 8.68. The molecule has 30 heavy (non-hydrogen) atoms. The first-order valence-corrected chi connectivity index (χ1v) is 10.9. The molecule has 0 N–H and O–H groups in total. The van der Waals surface area contributed by atoms with Gasteiger partial charge in [-0.2, -0.15) is 0 Å². The summed E-state index contributed by atoms with van der Waals surface area (Å²) in [6, 6.07) is 12.2. The molecule has 0 bridgehead atoms. The summed E-state index contributed by atoms with van der Waals surface area (Å²) in [7, 11) is 0. The smallest absolute Gasteiger partial charge is 0.139 e. The Morgan fingerprint density at radius 2 is 0.800 bits per heavy atom. The Kier molecular flexibility index (Phi) is 6.64. The Balaban J connectivity index is 2.54. The van der Waals surface area contributed by atoms with Crippen molar-refractivity contribution in [1.29, 1.82) is 0 Å². The molecule has 3 aromatic rings. The Morgan fingerprint density at radius 3 is 1.10 bits per heavy atom. The summed E-state index contributed by atoms with van der Waals surface area (Å²) in [6.07, 6.45) is 0.0703. The zero-order chi connectivity index (χ0) is 22.0. The quantitative estimate of drug-likeness (QED) is 0.370. The Morgan fingerprint density at radius 1 is 0.467 bits per heavy atom. The predicted octanol–water partition coefficient (Wildman–Crippen LogP) is 7.14. The van der Waals surface area contributed by atoms with E-state index in [1.165, 1.54) is 0 Å². The van der Waals surface area contributed by atoms with Crippen molar-refractivity contribution in [3.05, 3.63) is 36.4 Å². The van der Waals surface area contributed by atoms with Crippen LogP contribution < -0.4 is 18.9 Å². The van der Waals surface area contributed by atoms with Crippen LogP contribution in [-0.4, -0.2) is 24.4 Å². The first-order chi connectivity index (χ1) is 14.2. The lowest BCUT2D eigenvalue weighted by Gasteiger charge is -2.25. The summed E-state index contributed by atoms with van der Waals surface area (Å²) >= 11 is 0. The van der Waals surface area contributed by atoms with E-state index >= 15 is 0 Å². The van der Waals surface area contributed by atoms with Gasteiger partial charge in [-0.15, -0.1) is 0 Å². The van der Waals surface area contributed by atoms with E-state index in [9.17, 15) is 0 Å². The molecule has 0 aliphatic carbocycles. The number of benzene rings is 3. The molecule has 4 heteroatoms. The Hall–Kier alpha value is -2.62. The summed E-state index contributed by atoms with van der Waals surface area (Å²) in [5.74, 6) is 3.14. The molecule has 0 amide bonds. The monoisotopic (exact) mass is 410 g/mol. The van der Waals surface area contributed by atoms with Crippen molar-refractivity contribution in [3.8, 4) is 23.0 Å². The van der Waals surface area contributed by atoms with E-state index < -0.39 is 0 Å². The van der Waals surface area contributed by atoms with Gasteiger partial charge in [0.25, 0.3) is 0 Å². The summed E-state index contributed by atoms with van der Waals surface area (Å²) < 4.78 is 25.2. The number of hydrogen-bond acceptors (Lipinski definition) is 4. The molecule has 0 heterocycles. The topological polar surface area (TPSA) is 36.9 Å². The normalized spacial score (nSPS) is 11.9. The van der Waals surface area contributed by atoms with Gasteiger partial charge in [0, 0.05) is 10.8 Å². The molecule has 4 nitrogen and oxygen atoms in total. The first kappa shape index (κ1) is 22.1. The summed E-state index contributed by atoms with van der Waals surface area (Å²) in [4.78, 5) is 0. The third kappa shape index (κ3) is 4.58. The van der Waals surface area contributed by atoms with Crippen LogP contribution in [0.15, 0.2) is 36.4 Å². The number of ether oxygens (including phenoxy) is 4. The van der Waals surface area contributed by atoms with Crippen LogP contribution in [0.1, 0.15) is 55.4 Å². The highest BCUT2D eigenvalue weighted by Crippen LogP contribution is 2.50. The highest BCUT2D eigenvalue weighted by atomic mass is 16.5. The molecule has 0 saturated carbocycles. The SMILES string of the molecule is CC(C)Oc1ccc(OC(C)C)c2c(OC(C)C)c3ccccc3c(OC(C)C)c12. The molecule has 162 valence electrons. The second kappa shape index (κ2) is 9.03. The van der Waals surface area contributed by atoms with Crippen LogP contribution in [0.2, 0.25) is 0 Å². The van der Waals surface area contributed by atoms with Gasteiger partial charge in [-0.1, -0.05) is 24.3 Å². The van der Waals surface area contributed by atoms with Crippen LogP contribution in [0.4, 0.5) is 0 Å². The van der Waals surface area contributed by atoms with E-state index in [4.69, 9.17) is 18.9 Å². The molecular formula is C26H34O4. The molecule has 0 spiro atoms. The average molecular weight is 411 g/mol. The van der Waals surface area contributed by atoms with Gasteiger partial charge >= 0.3 is 0 Å². The third-order valence-corrected chi connectivity index (χ3v) is 4.43. The maximum atomic E-state index is 6.39. The summed E-state index contributed by atoms with van der Waals surface area (Å²) in [6.45, 7) is 16.3. The van der Waals surface area contributed by atoms with Crippen LogP contribution in [-0.2, 0) is 0 Å². The lowest BCUT2D eigenvalue weighted by molar-refractivity contribution is 0.229. The van der Waals surface area contributed by atoms with Gasteiger partial charge in [0.2, 0.25) is 0 Å². The number of fused-ring (bicyclic) bond motifs is 2. The van der Waals surface area contributed by atoms with Crippen molar-refractivity contribution in [2.45, 2.75) is 79.8 Å². The molecule has 3 rings (SSSR count). The van der Waals surface area contributed by atoms with E-state index in [-0.39, 0.29) is 24.4 Å². The van der Waals surface area contributed by atoms with E-state index in [1.807, 2.05) is 79.7 Å². The van der Waals surface area contributed by atoms with Crippen LogP contribution >= 0.6 is 0 Å². The summed E-state index contributed by atoms with van der Waals surface area (Å²) in [5.41, 5.74) is 0. The fraction of sp³-hybridized carbons (Fsp3) is 0.462. The maximum Gasteiger partial charge on any atom is 0.139 e. The first-order valence-electron chi connectivity index (χ1n) is 10.9. The van der Waals surface area contributed by atoms with Gasteiger partial charge in [0.15, 0.2) is 0 Å². The predicted molar refractivity (Wildman–Crippen MR) is 125 cm³/mol. The fourth-order valence-corrected chi connectivity index (χ4v) is 3.58. The van der Waals surface area contributed by atoms with Gasteiger partial charge in [-0.25, -0.2) is 0 Å². The van der Waals surface area contributed by atoms with Crippen LogP contribution in [0, 0.1) is 0 Å². The lowest BCUT2D eigenvalue weighted by Crippen LogP contribution is -2.13. The minimum Gasteiger partial charge on any atom is -0.490 e. The molecule has 0 saturated heterocycles. The Labute approximate surface area is 180 Å². The molecular weight excluding hydrogens is 376 g/mol. The average Bonchev–Trinajstić information content (AvgIpc) is 2.64. The molecule has 0 aromatic heterocycles. The van der Waals surface area contributed by atoms with E-state index in [2.05, 4.69) is 12.1 Å². The zero-order valence-electron chi connectivity index (χ0n) is 19.4. The van der Waals surface area contributed by atoms with Crippen molar-refractivity contribution < 1.29 is 18.9 Å². The highest BCUT2D eigenvalue weighted by Gasteiger charge is 2.24. The standard InChI is InChI=1S/C26H34O4/c1-15(2)27-21-13-14-22(28-16(3)4)24-23(21)25(29-17(5)6)19-11-9-10-12-20(19)26(24)30-18(7)8/h9-18H,1-8H3.